The van der Waals surface area contributed by atoms with Gasteiger partial charge in [0.2, 0.25) is 0 Å². The van der Waals surface area contributed by atoms with Crippen LogP contribution in [0, 0.1) is 5.92 Å². The lowest BCUT2D eigenvalue weighted by atomic mass is 10.0. The van der Waals surface area contributed by atoms with Crippen LogP contribution in [0.25, 0.3) is 0 Å². The first kappa shape index (κ1) is 65.5. The first-order valence-electron chi connectivity index (χ1n) is 25.6. The van der Waals surface area contributed by atoms with Gasteiger partial charge in [-0.15, -0.1) is 0 Å². The molecule has 0 aromatic rings. The van der Waals surface area contributed by atoms with Crippen molar-refractivity contribution < 1.29 is 66.7 Å². The molecule has 0 saturated heterocycles. The highest BCUT2D eigenvalue weighted by molar-refractivity contribution is 7.47. The third kappa shape index (κ3) is 49.9. The van der Waals surface area contributed by atoms with Gasteiger partial charge in [0.15, 0.2) is 6.10 Å². The molecule has 0 spiro atoms. The van der Waals surface area contributed by atoms with E-state index < -0.39 is 72.3 Å². The normalized spacial score (nSPS) is 15.0. The van der Waals surface area contributed by atoms with Crippen LogP contribution in [0.4, 0.5) is 0 Å². The Kier molecular flexibility index (Phi) is 44.0. The number of rotatable bonds is 47. The second-order valence-corrected chi connectivity index (χ2v) is 20.4. The predicted molar refractivity (Wildman–Crippen MR) is 273 cm³/mol. The van der Waals surface area contributed by atoms with Gasteiger partial charge in [-0.1, -0.05) is 209 Å². The number of aliphatic hydroxyl groups excluding tert-OH is 2. The zero-order valence-electron chi connectivity index (χ0n) is 42.0. The van der Waals surface area contributed by atoms with Crippen molar-refractivity contribution in [1.82, 2.24) is 0 Å². The van der Waals surface area contributed by atoms with Crippen molar-refractivity contribution in [2.75, 3.05) is 26.4 Å². The molecule has 0 aromatic carbocycles. The number of hydrogen-bond acceptors (Lipinski definition) is 11. The average Bonchev–Trinajstić information content (AvgIpc) is 3.28. The number of carbonyl (C=O) groups is 2. The van der Waals surface area contributed by atoms with Crippen molar-refractivity contribution in [3.05, 3.63) is 72.9 Å². The lowest BCUT2D eigenvalue weighted by Gasteiger charge is -2.20. The molecule has 16 heteroatoms. The van der Waals surface area contributed by atoms with Crippen LogP contribution in [0.3, 0.4) is 0 Å². The van der Waals surface area contributed by atoms with Crippen LogP contribution in [-0.4, -0.2) is 81.6 Å². The number of carbonyl (C=O) groups excluding carboxylic acids is 2. The second kappa shape index (κ2) is 45.6. The number of esters is 2. The van der Waals surface area contributed by atoms with Gasteiger partial charge in [0.1, 0.15) is 12.7 Å². The van der Waals surface area contributed by atoms with Crippen molar-refractivity contribution in [2.24, 2.45) is 5.92 Å². The van der Waals surface area contributed by atoms with Crippen LogP contribution in [0.1, 0.15) is 194 Å². The maximum atomic E-state index is 12.7. The molecular formula is C52H92O14P2. The van der Waals surface area contributed by atoms with E-state index in [4.69, 9.17) is 28.3 Å². The SMILES string of the molecule is CC/C=C\CC(O)/C=C/C=C/C/C=C\C/C=C\C/C=C\CCC(=O)O[C@H](COC(=O)CCCCCCCCCCCCCCCCCCCCC(C)C)COP(=O)(O)OC[C@@H](O)COP(=O)(O)O. The van der Waals surface area contributed by atoms with Gasteiger partial charge in [0.25, 0.3) is 0 Å². The third-order valence-corrected chi connectivity index (χ3v) is 12.1. The predicted octanol–water partition coefficient (Wildman–Crippen LogP) is 13.0. The fourth-order valence-corrected chi connectivity index (χ4v) is 7.92. The van der Waals surface area contributed by atoms with Crippen LogP contribution >= 0.6 is 15.6 Å². The van der Waals surface area contributed by atoms with E-state index in [0.717, 1.165) is 44.4 Å². The Labute approximate surface area is 410 Å². The summed E-state index contributed by atoms with van der Waals surface area (Å²) in [7, 11) is -9.73. The van der Waals surface area contributed by atoms with Gasteiger partial charge in [-0.2, -0.15) is 0 Å². The van der Waals surface area contributed by atoms with Gasteiger partial charge in [0, 0.05) is 12.8 Å². The van der Waals surface area contributed by atoms with E-state index in [9.17, 15) is 33.8 Å². The molecule has 0 saturated carbocycles. The number of ether oxygens (including phenoxy) is 2. The molecule has 0 aliphatic rings. The van der Waals surface area contributed by atoms with E-state index in [0.29, 0.717) is 25.7 Å². The molecule has 0 bridgehead atoms. The molecule has 4 atom stereocenters. The molecule has 0 amide bonds. The average molecular weight is 1000 g/mol. The molecule has 394 valence electrons. The second-order valence-electron chi connectivity index (χ2n) is 17.7. The van der Waals surface area contributed by atoms with Crippen LogP contribution in [-0.2, 0) is 41.8 Å². The fraction of sp³-hybridized carbons (Fsp3) is 0.731. The summed E-state index contributed by atoms with van der Waals surface area (Å²) in [5.74, 6) is -0.319. The van der Waals surface area contributed by atoms with E-state index in [2.05, 4.69) is 37.4 Å². The first-order chi connectivity index (χ1) is 32.6. The number of unbranched alkanes of at least 4 members (excludes halogenated alkanes) is 17. The highest BCUT2D eigenvalue weighted by Crippen LogP contribution is 2.44. The Morgan fingerprint density at radius 3 is 1.54 bits per heavy atom. The Morgan fingerprint density at radius 2 is 1.01 bits per heavy atom. The van der Waals surface area contributed by atoms with Gasteiger partial charge >= 0.3 is 27.6 Å². The number of allylic oxidation sites excluding steroid dienone is 10. The van der Waals surface area contributed by atoms with Gasteiger partial charge in [-0.3, -0.25) is 23.2 Å². The minimum absolute atomic E-state index is 0.0109. The molecule has 0 aliphatic heterocycles. The molecular weight excluding hydrogens is 911 g/mol. The van der Waals surface area contributed by atoms with E-state index in [1.807, 2.05) is 54.7 Å². The Morgan fingerprint density at radius 1 is 0.529 bits per heavy atom. The van der Waals surface area contributed by atoms with E-state index in [1.165, 1.54) is 96.3 Å². The molecule has 0 radical (unpaired) electrons. The van der Waals surface area contributed by atoms with Gasteiger partial charge in [-0.05, 0) is 50.9 Å². The van der Waals surface area contributed by atoms with Crippen LogP contribution < -0.4 is 0 Å². The summed E-state index contributed by atoms with van der Waals surface area (Å²) >= 11 is 0. The standard InChI is InChI=1S/C52H92O14P2/c1-4-5-33-39-48(53)40-35-30-26-22-18-14-12-16-20-24-28-32-37-42-52(56)66-50(46-65-68(60,61)64-44-49(54)43-63-67(57,58)59)45-62-51(55)41-36-31-27-23-19-15-11-9-7-6-8-10-13-17-21-25-29-34-38-47(2)3/h5,14,16,18,20,26,28,30,32-33,35,40,47-50,53-54H,4,6-13,15,17,19,21-25,27,29,31,34,36-39,41-46H2,1-3H3,(H,60,61)(H2,57,58,59)/b18-14-,20-16-,30-26+,32-28-,33-5-,40-35+/t48?,49-,50+/m0/s1. The molecule has 0 rings (SSSR count). The van der Waals surface area contributed by atoms with Crippen molar-refractivity contribution in [3.8, 4) is 0 Å². The number of phosphoric ester groups is 2. The number of phosphoric acid groups is 2. The lowest BCUT2D eigenvalue weighted by molar-refractivity contribution is -0.161. The Bertz CT molecular complexity index is 1500. The molecule has 0 fully saturated rings. The van der Waals surface area contributed by atoms with Gasteiger partial charge in [-0.25, -0.2) is 9.13 Å². The Balaban J connectivity index is 4.53. The van der Waals surface area contributed by atoms with Crippen molar-refractivity contribution in [1.29, 1.82) is 0 Å². The van der Waals surface area contributed by atoms with Crippen molar-refractivity contribution in [2.45, 2.75) is 212 Å². The van der Waals surface area contributed by atoms with Crippen molar-refractivity contribution in [3.63, 3.8) is 0 Å². The third-order valence-electron chi connectivity index (χ3n) is 10.6. The summed E-state index contributed by atoms with van der Waals surface area (Å²) in [6, 6.07) is 0. The first-order valence-corrected chi connectivity index (χ1v) is 28.6. The zero-order valence-corrected chi connectivity index (χ0v) is 43.8. The summed E-state index contributed by atoms with van der Waals surface area (Å²) in [5.41, 5.74) is 0. The molecule has 14 nitrogen and oxygen atoms in total. The van der Waals surface area contributed by atoms with Crippen LogP contribution in [0.5, 0.6) is 0 Å². The molecule has 0 heterocycles. The zero-order chi connectivity index (χ0) is 50.4. The highest BCUT2D eigenvalue weighted by atomic mass is 31.2. The summed E-state index contributed by atoms with van der Waals surface area (Å²) in [6.45, 7) is 3.83. The summed E-state index contributed by atoms with van der Waals surface area (Å²) in [6.07, 6.45) is 48.1. The van der Waals surface area contributed by atoms with E-state index >= 15 is 0 Å². The van der Waals surface area contributed by atoms with E-state index in [-0.39, 0.29) is 12.8 Å². The summed E-state index contributed by atoms with van der Waals surface area (Å²) < 4.78 is 47.9. The quantitative estimate of drug-likeness (QED) is 0.0126. The molecule has 0 aromatic heterocycles. The maximum absolute atomic E-state index is 12.7. The fourth-order valence-electron chi connectivity index (χ4n) is 6.76. The van der Waals surface area contributed by atoms with Crippen molar-refractivity contribution >= 4 is 27.6 Å². The van der Waals surface area contributed by atoms with Gasteiger partial charge < -0.3 is 34.4 Å². The Hall–Kier alpha value is -2.48. The number of aliphatic hydroxyl groups is 2. The molecule has 0 aliphatic carbocycles. The topological polar surface area (TPSA) is 216 Å². The van der Waals surface area contributed by atoms with E-state index in [1.54, 1.807) is 6.08 Å². The highest BCUT2D eigenvalue weighted by Gasteiger charge is 2.28. The lowest BCUT2D eigenvalue weighted by Crippen LogP contribution is -2.29. The molecule has 2 unspecified atom stereocenters. The minimum Gasteiger partial charge on any atom is -0.462 e. The smallest absolute Gasteiger partial charge is 0.462 e. The van der Waals surface area contributed by atoms with Gasteiger partial charge in [0.05, 0.1) is 25.9 Å². The largest absolute Gasteiger partial charge is 0.472 e. The maximum Gasteiger partial charge on any atom is 0.472 e. The van der Waals surface area contributed by atoms with Crippen LogP contribution in [0.2, 0.25) is 0 Å². The summed E-state index contributed by atoms with van der Waals surface area (Å²) in [5, 5.41) is 19.6. The summed E-state index contributed by atoms with van der Waals surface area (Å²) in [4.78, 5) is 52.9. The monoisotopic (exact) mass is 1000 g/mol. The number of hydrogen-bond donors (Lipinski definition) is 5. The minimum atomic E-state index is -4.88. The molecule has 5 N–H and O–H groups in total. The van der Waals surface area contributed by atoms with Crippen LogP contribution in [0.15, 0.2) is 72.9 Å². The molecule has 68 heavy (non-hydrogen) atoms.